The maximum absolute atomic E-state index is 12.3. The highest BCUT2D eigenvalue weighted by atomic mass is 79.9. The van der Waals surface area contributed by atoms with Gasteiger partial charge in [-0.05, 0) is 65.8 Å². The first-order valence-corrected chi connectivity index (χ1v) is 8.87. The third-order valence-electron chi connectivity index (χ3n) is 2.66. The van der Waals surface area contributed by atoms with Gasteiger partial charge >= 0.3 is 12.2 Å². The number of rotatable bonds is 1. The van der Waals surface area contributed by atoms with E-state index in [-0.39, 0.29) is 5.96 Å². The Morgan fingerprint density at radius 2 is 1.50 bits per heavy atom. The molecule has 0 saturated carbocycles. The molecule has 2 amide bonds. The molecular formula is C18H26BrN3O4. The molecule has 26 heavy (non-hydrogen) atoms. The Labute approximate surface area is 162 Å². The smallest absolute Gasteiger partial charge is 0.416 e. The summed E-state index contributed by atoms with van der Waals surface area (Å²) in [5, 5.41) is 2.51. The van der Waals surface area contributed by atoms with Gasteiger partial charge in [0.05, 0.1) is 5.69 Å². The lowest BCUT2D eigenvalue weighted by molar-refractivity contribution is 0.0391. The highest BCUT2D eigenvalue weighted by molar-refractivity contribution is 9.10. The maximum Gasteiger partial charge on any atom is 0.416 e. The molecule has 0 heterocycles. The van der Waals surface area contributed by atoms with Crippen LogP contribution in [0, 0.1) is 0 Å². The number of nitrogens with one attached hydrogen (secondary N) is 1. The molecular weight excluding hydrogens is 402 g/mol. The first-order chi connectivity index (χ1) is 11.8. The number of carbonyl (C=O) groups excluding carboxylic acids is 2. The molecule has 0 spiro atoms. The third kappa shape index (κ3) is 8.33. The quantitative estimate of drug-likeness (QED) is 0.513. The second-order valence-electron chi connectivity index (χ2n) is 7.58. The Kier molecular flexibility index (Phi) is 7.20. The minimum absolute atomic E-state index is 0.00387. The minimum atomic E-state index is -0.719. The van der Waals surface area contributed by atoms with Crippen LogP contribution in [0.2, 0.25) is 0 Å². The highest BCUT2D eigenvalue weighted by Gasteiger charge is 2.25. The molecule has 0 unspecified atom stereocenters. The van der Waals surface area contributed by atoms with Crippen LogP contribution in [0.5, 0.6) is 0 Å². The van der Waals surface area contributed by atoms with Crippen LogP contribution in [0.15, 0.2) is 33.7 Å². The molecule has 1 aromatic rings. The fraction of sp³-hybridized carbons (Fsp3) is 0.500. The molecule has 0 fully saturated rings. The van der Waals surface area contributed by atoms with Crippen molar-refractivity contribution in [3.05, 3.63) is 28.7 Å². The summed E-state index contributed by atoms with van der Waals surface area (Å²) in [4.78, 5) is 29.9. The van der Waals surface area contributed by atoms with E-state index in [1.165, 1.54) is 7.05 Å². The number of hydrogen-bond donors (Lipinski definition) is 1. The van der Waals surface area contributed by atoms with Gasteiger partial charge in [0.25, 0.3) is 0 Å². The summed E-state index contributed by atoms with van der Waals surface area (Å²) in [7, 11) is 1.46. The number of carbonyl (C=O) groups is 2. The molecule has 0 aliphatic carbocycles. The zero-order chi connectivity index (χ0) is 20.1. The number of aliphatic imine (C=N–C) groups is 1. The van der Waals surface area contributed by atoms with Crippen molar-refractivity contribution >= 4 is 39.8 Å². The van der Waals surface area contributed by atoms with Crippen molar-refractivity contribution in [2.24, 2.45) is 4.99 Å². The monoisotopic (exact) mass is 427 g/mol. The molecule has 1 aromatic carbocycles. The summed E-state index contributed by atoms with van der Waals surface area (Å²) in [6.45, 7) is 10.5. The fourth-order valence-corrected chi connectivity index (χ4v) is 1.90. The van der Waals surface area contributed by atoms with E-state index in [1.807, 2.05) is 0 Å². The first-order valence-electron chi connectivity index (χ1n) is 8.08. The molecule has 0 aliphatic rings. The van der Waals surface area contributed by atoms with E-state index < -0.39 is 23.4 Å². The van der Waals surface area contributed by atoms with Gasteiger partial charge in [-0.1, -0.05) is 15.9 Å². The van der Waals surface area contributed by atoms with Crippen molar-refractivity contribution in [3.8, 4) is 0 Å². The zero-order valence-electron chi connectivity index (χ0n) is 16.2. The Hall–Kier alpha value is -2.09. The van der Waals surface area contributed by atoms with Gasteiger partial charge in [0.2, 0.25) is 5.96 Å². The van der Waals surface area contributed by atoms with E-state index in [0.29, 0.717) is 5.69 Å². The number of ether oxygens (including phenoxy) is 2. The van der Waals surface area contributed by atoms with E-state index in [4.69, 9.17) is 9.47 Å². The molecule has 144 valence electrons. The number of halogens is 1. The molecule has 1 rings (SSSR count). The van der Waals surface area contributed by atoms with Gasteiger partial charge in [-0.25, -0.2) is 14.6 Å². The van der Waals surface area contributed by atoms with Gasteiger partial charge in [-0.3, -0.25) is 10.2 Å². The summed E-state index contributed by atoms with van der Waals surface area (Å²) in [5.41, 5.74) is -0.813. The first kappa shape index (κ1) is 22.0. The van der Waals surface area contributed by atoms with Crippen LogP contribution in [-0.4, -0.2) is 41.3 Å². The van der Waals surface area contributed by atoms with Gasteiger partial charge < -0.3 is 9.47 Å². The lowest BCUT2D eigenvalue weighted by Crippen LogP contribution is -2.48. The number of guanidine groups is 1. The topological polar surface area (TPSA) is 80.2 Å². The van der Waals surface area contributed by atoms with Crippen LogP contribution in [-0.2, 0) is 9.47 Å². The van der Waals surface area contributed by atoms with Crippen LogP contribution >= 0.6 is 15.9 Å². The van der Waals surface area contributed by atoms with E-state index in [0.717, 1.165) is 9.37 Å². The number of alkyl carbamates (subject to hydrolysis) is 1. The van der Waals surface area contributed by atoms with Crippen LogP contribution in [0.1, 0.15) is 41.5 Å². The fourth-order valence-electron chi connectivity index (χ4n) is 1.64. The molecule has 0 saturated heterocycles. The number of benzene rings is 1. The second kappa shape index (κ2) is 8.53. The number of hydrogen-bond acceptors (Lipinski definition) is 5. The van der Waals surface area contributed by atoms with Crippen LogP contribution in [0.4, 0.5) is 15.3 Å². The largest absolute Gasteiger partial charge is 0.444 e. The summed E-state index contributed by atoms with van der Waals surface area (Å²) in [5.74, 6) is -0.00387. The lowest BCUT2D eigenvalue weighted by atomic mass is 10.2. The molecule has 0 bridgehead atoms. The van der Waals surface area contributed by atoms with Crippen molar-refractivity contribution in [3.63, 3.8) is 0 Å². The second-order valence-corrected chi connectivity index (χ2v) is 8.49. The SMILES string of the molecule is CN(C(=O)OC(C)(C)C)C(=Nc1ccc(Br)cc1)NC(=O)OC(C)(C)C. The summed E-state index contributed by atoms with van der Waals surface area (Å²) < 4.78 is 11.5. The summed E-state index contributed by atoms with van der Waals surface area (Å²) in [6.07, 6.45) is -1.37. The predicted molar refractivity (Wildman–Crippen MR) is 105 cm³/mol. The van der Waals surface area contributed by atoms with Crippen molar-refractivity contribution in [1.29, 1.82) is 0 Å². The molecule has 0 atom stereocenters. The minimum Gasteiger partial charge on any atom is -0.444 e. The Bertz CT molecular complexity index is 673. The van der Waals surface area contributed by atoms with Gasteiger partial charge in [-0.2, -0.15) is 0 Å². The standard InChI is InChI=1S/C18H26BrN3O4/c1-17(2,3)25-15(23)21-14(20-13-10-8-12(19)9-11-13)22(7)16(24)26-18(4,5)6/h8-11H,1-7H3,(H,20,21,23). The van der Waals surface area contributed by atoms with E-state index in [9.17, 15) is 9.59 Å². The van der Waals surface area contributed by atoms with Crippen molar-refractivity contribution < 1.29 is 19.1 Å². The zero-order valence-corrected chi connectivity index (χ0v) is 17.8. The van der Waals surface area contributed by atoms with E-state index in [2.05, 4.69) is 26.2 Å². The molecule has 8 heteroatoms. The van der Waals surface area contributed by atoms with Gasteiger partial charge in [0, 0.05) is 11.5 Å². The number of amides is 2. The highest BCUT2D eigenvalue weighted by Crippen LogP contribution is 2.18. The normalized spacial score (nSPS) is 12.4. The van der Waals surface area contributed by atoms with Gasteiger partial charge in [0.15, 0.2) is 0 Å². The molecule has 7 nitrogen and oxygen atoms in total. The molecule has 1 N–H and O–H groups in total. The summed E-state index contributed by atoms with van der Waals surface area (Å²) in [6, 6.07) is 7.09. The average molecular weight is 428 g/mol. The Balaban J connectivity index is 3.10. The lowest BCUT2D eigenvalue weighted by Gasteiger charge is -2.26. The van der Waals surface area contributed by atoms with Crippen molar-refractivity contribution in [2.45, 2.75) is 52.7 Å². The van der Waals surface area contributed by atoms with Crippen LogP contribution < -0.4 is 5.32 Å². The molecule has 0 radical (unpaired) electrons. The average Bonchev–Trinajstić information content (AvgIpc) is 2.44. The predicted octanol–water partition coefficient (Wildman–Crippen LogP) is 4.83. The summed E-state index contributed by atoms with van der Waals surface area (Å²) >= 11 is 3.35. The third-order valence-corrected chi connectivity index (χ3v) is 3.19. The van der Waals surface area contributed by atoms with Crippen LogP contribution in [0.25, 0.3) is 0 Å². The molecule has 0 aromatic heterocycles. The van der Waals surface area contributed by atoms with E-state index in [1.54, 1.807) is 65.8 Å². The van der Waals surface area contributed by atoms with Gasteiger partial charge in [0.1, 0.15) is 11.2 Å². The Morgan fingerprint density at radius 3 is 1.96 bits per heavy atom. The van der Waals surface area contributed by atoms with Crippen LogP contribution in [0.3, 0.4) is 0 Å². The van der Waals surface area contributed by atoms with Gasteiger partial charge in [-0.15, -0.1) is 0 Å². The van der Waals surface area contributed by atoms with Crippen molar-refractivity contribution in [2.75, 3.05) is 7.05 Å². The van der Waals surface area contributed by atoms with Crippen molar-refractivity contribution in [1.82, 2.24) is 10.2 Å². The van der Waals surface area contributed by atoms with E-state index >= 15 is 0 Å². The Morgan fingerprint density at radius 1 is 1.00 bits per heavy atom. The maximum atomic E-state index is 12.3. The number of nitrogens with zero attached hydrogens (tertiary/aromatic N) is 2. The molecule has 0 aliphatic heterocycles.